The molecule has 0 aliphatic carbocycles. The zero-order valence-corrected chi connectivity index (χ0v) is 20.3. The van der Waals surface area contributed by atoms with Crippen LogP contribution < -0.4 is 44.6 Å². The standard InChI is InChI=1S/C22H35N9O6/c23-13(10-17(24)33)19(35)31-16(11-32)21(37)30-15(9-12-5-2-1-3-6-12)20(36)29-14(18(25)34)7-4-8-28-22(26)27/h1-3,5-6,13-16,32H,4,7-11,23H2,(H2,24,33)(H2,25,34)(H,29,36)(H,30,37)(H,31,35)(H4,26,27,28). The van der Waals surface area contributed by atoms with Gasteiger partial charge in [-0.25, -0.2) is 0 Å². The van der Waals surface area contributed by atoms with E-state index in [2.05, 4.69) is 20.9 Å². The molecule has 4 unspecified atom stereocenters. The first kappa shape index (κ1) is 30.8. The molecule has 0 saturated heterocycles. The van der Waals surface area contributed by atoms with Crippen LogP contribution in [0.2, 0.25) is 0 Å². The molecule has 1 rings (SSSR count). The lowest BCUT2D eigenvalue weighted by atomic mass is 10.0. The highest BCUT2D eigenvalue weighted by Gasteiger charge is 2.30. The van der Waals surface area contributed by atoms with E-state index in [-0.39, 0.29) is 25.3 Å². The molecule has 0 aliphatic rings. The van der Waals surface area contributed by atoms with Gasteiger partial charge in [0.1, 0.15) is 18.1 Å². The number of benzene rings is 1. The molecule has 0 radical (unpaired) electrons. The first-order valence-electron chi connectivity index (χ1n) is 11.4. The van der Waals surface area contributed by atoms with Crippen LogP contribution in [0, 0.1) is 0 Å². The topological polar surface area (TPSA) is 284 Å². The molecule has 1 aromatic rings. The number of guanidine groups is 1. The summed E-state index contributed by atoms with van der Waals surface area (Å²) in [7, 11) is 0. The number of primary amides is 2. The fourth-order valence-corrected chi connectivity index (χ4v) is 3.18. The SMILES string of the molecule is NC(=O)CC(N)C(=O)NC(CO)C(=O)NC(Cc1ccccc1)C(=O)NC(CCCN=C(N)N)C(N)=O. The van der Waals surface area contributed by atoms with Crippen LogP contribution in [0.4, 0.5) is 0 Å². The highest BCUT2D eigenvalue weighted by molar-refractivity contribution is 5.95. The number of aliphatic hydroxyl groups is 1. The second-order valence-electron chi connectivity index (χ2n) is 8.18. The number of nitrogens with one attached hydrogen (secondary N) is 3. The molecule has 0 bridgehead atoms. The van der Waals surface area contributed by atoms with Crippen LogP contribution in [-0.4, -0.2) is 77.9 Å². The van der Waals surface area contributed by atoms with Gasteiger partial charge in [-0.1, -0.05) is 30.3 Å². The maximum atomic E-state index is 13.1. The largest absolute Gasteiger partial charge is 0.394 e. The second-order valence-corrected chi connectivity index (χ2v) is 8.18. The molecule has 204 valence electrons. The summed E-state index contributed by atoms with van der Waals surface area (Å²) >= 11 is 0. The van der Waals surface area contributed by atoms with Crippen LogP contribution in [0.5, 0.6) is 0 Å². The van der Waals surface area contributed by atoms with Gasteiger partial charge in [0, 0.05) is 13.0 Å². The quantitative estimate of drug-likeness (QED) is 0.0574. The van der Waals surface area contributed by atoms with Gasteiger partial charge in [0.15, 0.2) is 5.96 Å². The second kappa shape index (κ2) is 15.7. The number of rotatable bonds is 16. The Labute approximate surface area is 213 Å². The van der Waals surface area contributed by atoms with E-state index in [0.717, 1.165) is 0 Å². The molecule has 14 N–H and O–H groups in total. The number of nitrogens with zero attached hydrogens (tertiary/aromatic N) is 1. The predicted molar refractivity (Wildman–Crippen MR) is 134 cm³/mol. The van der Waals surface area contributed by atoms with Gasteiger partial charge in [0.05, 0.1) is 19.1 Å². The minimum atomic E-state index is -1.48. The number of hydrogen-bond donors (Lipinski definition) is 9. The van der Waals surface area contributed by atoms with Gasteiger partial charge in [0.25, 0.3) is 0 Å². The van der Waals surface area contributed by atoms with Crippen molar-refractivity contribution in [2.45, 2.75) is 49.9 Å². The van der Waals surface area contributed by atoms with Gasteiger partial charge in [-0.15, -0.1) is 0 Å². The zero-order chi connectivity index (χ0) is 28.0. The first-order chi connectivity index (χ1) is 17.4. The van der Waals surface area contributed by atoms with Crippen molar-refractivity contribution >= 4 is 35.5 Å². The Morgan fingerprint density at radius 3 is 1.95 bits per heavy atom. The lowest BCUT2D eigenvalue weighted by Crippen LogP contribution is -2.59. The monoisotopic (exact) mass is 521 g/mol. The smallest absolute Gasteiger partial charge is 0.245 e. The van der Waals surface area contributed by atoms with Crippen LogP contribution in [0.1, 0.15) is 24.8 Å². The summed E-state index contributed by atoms with van der Waals surface area (Å²) in [4.78, 5) is 64.7. The van der Waals surface area contributed by atoms with Crippen LogP contribution in [0.15, 0.2) is 35.3 Å². The van der Waals surface area contributed by atoms with E-state index in [1.165, 1.54) is 0 Å². The lowest BCUT2D eigenvalue weighted by molar-refractivity contribution is -0.134. The first-order valence-corrected chi connectivity index (χ1v) is 11.4. The summed E-state index contributed by atoms with van der Waals surface area (Å²) in [6.07, 6.45) is 0.0239. The molecule has 4 atom stereocenters. The Hall–Kier alpha value is -4.24. The van der Waals surface area contributed by atoms with Crippen molar-refractivity contribution in [3.05, 3.63) is 35.9 Å². The molecule has 37 heavy (non-hydrogen) atoms. The Kier molecular flexibility index (Phi) is 13.1. The number of nitrogens with two attached hydrogens (primary N) is 5. The van der Waals surface area contributed by atoms with Gasteiger partial charge >= 0.3 is 0 Å². The highest BCUT2D eigenvalue weighted by atomic mass is 16.3. The average Bonchev–Trinajstić information content (AvgIpc) is 2.83. The molecule has 0 aromatic heterocycles. The fraction of sp³-hybridized carbons (Fsp3) is 0.455. The Bertz CT molecular complexity index is 969. The third-order valence-corrected chi connectivity index (χ3v) is 5.09. The van der Waals surface area contributed by atoms with Gasteiger partial charge < -0.3 is 49.7 Å². The summed E-state index contributed by atoms with van der Waals surface area (Å²) in [5.41, 5.74) is 27.2. The predicted octanol–water partition coefficient (Wildman–Crippen LogP) is -4.58. The number of hydrogen-bond acceptors (Lipinski definition) is 8. The third kappa shape index (κ3) is 11.8. The van der Waals surface area contributed by atoms with E-state index in [9.17, 15) is 29.1 Å². The Balaban J connectivity index is 2.99. The van der Waals surface area contributed by atoms with Gasteiger partial charge in [-0.05, 0) is 18.4 Å². The van der Waals surface area contributed by atoms with Crippen LogP contribution in [0.25, 0.3) is 0 Å². The van der Waals surface area contributed by atoms with Gasteiger partial charge in [-0.2, -0.15) is 0 Å². The van der Waals surface area contributed by atoms with Crippen molar-refractivity contribution < 1.29 is 29.1 Å². The minimum absolute atomic E-state index is 0.0190. The lowest BCUT2D eigenvalue weighted by Gasteiger charge is -2.24. The molecule has 0 fully saturated rings. The summed E-state index contributed by atoms with van der Waals surface area (Å²) < 4.78 is 0. The van der Waals surface area contributed by atoms with Crippen molar-refractivity contribution in [3.63, 3.8) is 0 Å². The third-order valence-electron chi connectivity index (χ3n) is 5.09. The number of carbonyl (C=O) groups excluding carboxylic acids is 5. The van der Waals surface area contributed by atoms with E-state index in [4.69, 9.17) is 28.7 Å². The molecule has 5 amide bonds. The Morgan fingerprint density at radius 1 is 0.838 bits per heavy atom. The van der Waals surface area contributed by atoms with Crippen molar-refractivity contribution in [3.8, 4) is 0 Å². The summed E-state index contributed by atoms with van der Waals surface area (Å²) in [6.45, 7) is -0.614. The maximum Gasteiger partial charge on any atom is 0.245 e. The van der Waals surface area contributed by atoms with Gasteiger partial charge in [0.2, 0.25) is 29.5 Å². The number of amides is 5. The van der Waals surface area contributed by atoms with Crippen LogP contribution in [0.3, 0.4) is 0 Å². The highest BCUT2D eigenvalue weighted by Crippen LogP contribution is 2.06. The molecule has 15 heteroatoms. The molecule has 0 saturated carbocycles. The van der Waals surface area contributed by atoms with E-state index >= 15 is 0 Å². The van der Waals surface area contributed by atoms with E-state index in [1.54, 1.807) is 30.3 Å². The molecule has 0 spiro atoms. The summed E-state index contributed by atoms with van der Waals surface area (Å²) in [5, 5.41) is 16.8. The van der Waals surface area contributed by atoms with E-state index < -0.39 is 66.7 Å². The molecule has 1 aromatic carbocycles. The molecule has 0 aliphatic heterocycles. The zero-order valence-electron chi connectivity index (χ0n) is 20.3. The van der Waals surface area contributed by atoms with Gasteiger partial charge in [-0.3, -0.25) is 29.0 Å². The van der Waals surface area contributed by atoms with Crippen molar-refractivity contribution in [1.82, 2.24) is 16.0 Å². The maximum absolute atomic E-state index is 13.1. The number of aliphatic hydroxyl groups excluding tert-OH is 1. The van der Waals surface area contributed by atoms with E-state index in [0.29, 0.717) is 12.0 Å². The molecule has 15 nitrogen and oxygen atoms in total. The molecule has 0 heterocycles. The van der Waals surface area contributed by atoms with Crippen molar-refractivity contribution in [1.29, 1.82) is 0 Å². The normalized spacial score (nSPS) is 13.8. The minimum Gasteiger partial charge on any atom is -0.394 e. The Morgan fingerprint density at radius 2 is 1.41 bits per heavy atom. The van der Waals surface area contributed by atoms with Crippen LogP contribution >= 0.6 is 0 Å². The van der Waals surface area contributed by atoms with E-state index in [1.807, 2.05) is 0 Å². The van der Waals surface area contributed by atoms with Crippen molar-refractivity contribution in [2.75, 3.05) is 13.2 Å². The number of aliphatic imine (C=N–C) groups is 1. The number of carbonyl (C=O) groups is 5. The summed E-state index contributed by atoms with van der Waals surface area (Å²) in [6, 6.07) is 3.59. The fourth-order valence-electron chi connectivity index (χ4n) is 3.18. The molecular formula is C22H35N9O6. The summed E-state index contributed by atoms with van der Waals surface area (Å²) in [5.74, 6) is -4.27. The van der Waals surface area contributed by atoms with Crippen molar-refractivity contribution in [2.24, 2.45) is 33.7 Å². The van der Waals surface area contributed by atoms with Crippen LogP contribution in [-0.2, 0) is 30.4 Å². The average molecular weight is 522 g/mol. The molecular weight excluding hydrogens is 486 g/mol.